The Balaban J connectivity index is 2.79. The number of hydrogen-bond acceptors (Lipinski definition) is 4. The lowest BCUT2D eigenvalue weighted by molar-refractivity contribution is 0.0173. The molecule has 6 nitrogen and oxygen atoms in total. The van der Waals surface area contributed by atoms with Crippen LogP contribution in [0.1, 0.15) is 54.4 Å². The number of rotatable bonds is 6. The van der Waals surface area contributed by atoms with Gasteiger partial charge in [0.1, 0.15) is 11.3 Å². The highest BCUT2D eigenvalue weighted by atomic mass is 16.5. The Morgan fingerprint density at radius 1 is 1.43 bits per heavy atom. The molecule has 1 aromatic heterocycles. The fourth-order valence-corrected chi connectivity index (χ4v) is 2.00. The summed E-state index contributed by atoms with van der Waals surface area (Å²) >= 11 is 0. The minimum atomic E-state index is -1.10. The molecule has 0 saturated heterocycles. The molecule has 0 saturated carbocycles. The maximum atomic E-state index is 12.0. The van der Waals surface area contributed by atoms with Crippen LogP contribution < -0.4 is 5.32 Å². The van der Waals surface area contributed by atoms with Crippen LogP contribution in [0.2, 0.25) is 0 Å². The standard InChI is InChI=1S/C15H23NO5/c1-6-10-9(14(18)19)7-11(21-10)13(17)16-8-12(20-5)15(2,3)4/h7,12H,6,8H2,1-5H3,(H,16,17)(H,18,19). The van der Waals surface area contributed by atoms with Crippen LogP contribution in [0.15, 0.2) is 10.5 Å². The number of furan rings is 1. The van der Waals surface area contributed by atoms with Crippen molar-refractivity contribution in [2.75, 3.05) is 13.7 Å². The second-order valence-electron chi connectivity index (χ2n) is 5.91. The predicted octanol–water partition coefficient (Wildman–Crippen LogP) is 2.33. The van der Waals surface area contributed by atoms with Gasteiger partial charge in [0.2, 0.25) is 0 Å². The molecular weight excluding hydrogens is 274 g/mol. The molecule has 1 atom stereocenters. The minimum Gasteiger partial charge on any atom is -0.478 e. The summed E-state index contributed by atoms with van der Waals surface area (Å²) in [5.41, 5.74) is -0.0896. The Kier molecular flexibility index (Phi) is 5.54. The number of hydrogen-bond donors (Lipinski definition) is 2. The van der Waals surface area contributed by atoms with Gasteiger partial charge in [0, 0.05) is 26.1 Å². The van der Waals surface area contributed by atoms with E-state index >= 15 is 0 Å². The van der Waals surface area contributed by atoms with E-state index in [1.165, 1.54) is 6.07 Å². The van der Waals surface area contributed by atoms with Gasteiger partial charge in [0.05, 0.1) is 6.10 Å². The molecule has 0 bridgehead atoms. The van der Waals surface area contributed by atoms with Gasteiger partial charge in [-0.15, -0.1) is 0 Å². The Bertz CT molecular complexity index is 513. The van der Waals surface area contributed by atoms with Crippen molar-refractivity contribution in [2.45, 2.75) is 40.2 Å². The van der Waals surface area contributed by atoms with E-state index in [0.29, 0.717) is 18.7 Å². The molecule has 21 heavy (non-hydrogen) atoms. The summed E-state index contributed by atoms with van der Waals surface area (Å²) in [5.74, 6) is -1.23. The zero-order chi connectivity index (χ0) is 16.2. The fraction of sp³-hybridized carbons (Fsp3) is 0.600. The maximum Gasteiger partial charge on any atom is 0.339 e. The molecule has 1 heterocycles. The lowest BCUT2D eigenvalue weighted by Gasteiger charge is -2.29. The maximum absolute atomic E-state index is 12.0. The van der Waals surface area contributed by atoms with E-state index < -0.39 is 11.9 Å². The van der Waals surface area contributed by atoms with Crippen molar-refractivity contribution in [1.29, 1.82) is 0 Å². The second-order valence-corrected chi connectivity index (χ2v) is 5.91. The number of aromatic carboxylic acids is 1. The van der Waals surface area contributed by atoms with Crippen molar-refractivity contribution >= 4 is 11.9 Å². The Labute approximate surface area is 124 Å². The summed E-state index contributed by atoms with van der Waals surface area (Å²) in [6.07, 6.45) is 0.262. The largest absolute Gasteiger partial charge is 0.478 e. The van der Waals surface area contributed by atoms with Gasteiger partial charge in [0.25, 0.3) is 5.91 Å². The molecule has 0 aliphatic heterocycles. The monoisotopic (exact) mass is 297 g/mol. The van der Waals surface area contributed by atoms with E-state index in [0.717, 1.165) is 0 Å². The number of carbonyl (C=O) groups excluding carboxylic acids is 1. The first-order valence-corrected chi connectivity index (χ1v) is 6.87. The number of ether oxygens (including phenoxy) is 1. The number of nitrogens with one attached hydrogen (secondary N) is 1. The summed E-state index contributed by atoms with van der Waals surface area (Å²) in [5, 5.41) is 11.8. The van der Waals surface area contributed by atoms with Gasteiger partial charge in [-0.2, -0.15) is 0 Å². The summed E-state index contributed by atoms with van der Waals surface area (Å²) in [7, 11) is 1.59. The number of amides is 1. The molecule has 1 aromatic rings. The van der Waals surface area contributed by atoms with Crippen LogP contribution in [0, 0.1) is 5.41 Å². The van der Waals surface area contributed by atoms with Crippen LogP contribution in [0.4, 0.5) is 0 Å². The van der Waals surface area contributed by atoms with Gasteiger partial charge >= 0.3 is 5.97 Å². The minimum absolute atomic E-state index is 0.00742. The zero-order valence-corrected chi connectivity index (χ0v) is 13.1. The average Bonchev–Trinajstić information content (AvgIpc) is 2.81. The first-order chi connectivity index (χ1) is 9.70. The fourth-order valence-electron chi connectivity index (χ4n) is 2.00. The van der Waals surface area contributed by atoms with Gasteiger partial charge in [-0.05, 0) is 5.41 Å². The quantitative estimate of drug-likeness (QED) is 0.841. The molecule has 1 amide bonds. The highest BCUT2D eigenvalue weighted by molar-refractivity contribution is 5.96. The molecule has 0 fully saturated rings. The van der Waals surface area contributed by atoms with Crippen molar-refractivity contribution in [2.24, 2.45) is 5.41 Å². The summed E-state index contributed by atoms with van der Waals surface area (Å²) in [4.78, 5) is 23.1. The summed E-state index contributed by atoms with van der Waals surface area (Å²) in [6, 6.07) is 1.26. The second kappa shape index (κ2) is 6.76. The predicted molar refractivity (Wildman–Crippen MR) is 77.6 cm³/mol. The highest BCUT2D eigenvalue weighted by Gasteiger charge is 2.26. The van der Waals surface area contributed by atoms with Crippen LogP contribution >= 0.6 is 0 Å². The lowest BCUT2D eigenvalue weighted by Crippen LogP contribution is -2.40. The number of methoxy groups -OCH3 is 1. The Morgan fingerprint density at radius 2 is 2.05 bits per heavy atom. The van der Waals surface area contributed by atoms with Crippen molar-refractivity contribution < 1.29 is 23.8 Å². The third-order valence-corrected chi connectivity index (χ3v) is 3.28. The SMILES string of the molecule is CCc1oc(C(=O)NCC(OC)C(C)(C)C)cc1C(=O)O. The smallest absolute Gasteiger partial charge is 0.339 e. The van der Waals surface area contributed by atoms with E-state index in [-0.39, 0.29) is 22.8 Å². The Morgan fingerprint density at radius 3 is 2.43 bits per heavy atom. The molecule has 0 radical (unpaired) electrons. The van der Waals surface area contributed by atoms with Crippen LogP contribution in [-0.4, -0.2) is 36.7 Å². The Hall–Kier alpha value is -1.82. The van der Waals surface area contributed by atoms with Crippen molar-refractivity contribution in [3.05, 3.63) is 23.2 Å². The molecule has 1 rings (SSSR count). The average molecular weight is 297 g/mol. The number of carboxylic acids is 1. The normalized spacial score (nSPS) is 13.0. The third kappa shape index (κ3) is 4.32. The number of carbonyl (C=O) groups is 2. The van der Waals surface area contributed by atoms with Gasteiger partial charge in [-0.3, -0.25) is 4.79 Å². The van der Waals surface area contributed by atoms with Crippen LogP contribution in [0.3, 0.4) is 0 Å². The molecule has 6 heteroatoms. The highest BCUT2D eigenvalue weighted by Crippen LogP contribution is 2.21. The molecule has 0 aliphatic carbocycles. The molecule has 0 spiro atoms. The van der Waals surface area contributed by atoms with E-state index in [1.807, 2.05) is 20.8 Å². The molecule has 0 aliphatic rings. The van der Waals surface area contributed by atoms with Crippen LogP contribution in [0.5, 0.6) is 0 Å². The lowest BCUT2D eigenvalue weighted by atomic mass is 9.89. The van der Waals surface area contributed by atoms with Crippen LogP contribution in [-0.2, 0) is 11.2 Å². The number of aryl methyl sites for hydroxylation is 1. The molecule has 0 aromatic carbocycles. The molecule has 1 unspecified atom stereocenters. The zero-order valence-electron chi connectivity index (χ0n) is 13.1. The van der Waals surface area contributed by atoms with Crippen molar-refractivity contribution in [1.82, 2.24) is 5.32 Å². The van der Waals surface area contributed by atoms with E-state index in [9.17, 15) is 9.59 Å². The van der Waals surface area contributed by atoms with Gasteiger partial charge in [0.15, 0.2) is 5.76 Å². The molecular formula is C15H23NO5. The summed E-state index contributed by atoms with van der Waals surface area (Å²) in [6.45, 7) is 8.13. The van der Waals surface area contributed by atoms with Crippen molar-refractivity contribution in [3.63, 3.8) is 0 Å². The summed E-state index contributed by atoms with van der Waals surface area (Å²) < 4.78 is 10.7. The van der Waals surface area contributed by atoms with E-state index in [4.69, 9.17) is 14.3 Å². The molecule has 118 valence electrons. The first-order valence-electron chi connectivity index (χ1n) is 6.87. The van der Waals surface area contributed by atoms with Gasteiger partial charge < -0.3 is 19.6 Å². The van der Waals surface area contributed by atoms with Crippen molar-refractivity contribution in [3.8, 4) is 0 Å². The van der Waals surface area contributed by atoms with E-state index in [2.05, 4.69) is 5.32 Å². The van der Waals surface area contributed by atoms with Gasteiger partial charge in [-0.25, -0.2) is 4.79 Å². The third-order valence-electron chi connectivity index (χ3n) is 3.28. The van der Waals surface area contributed by atoms with Crippen LogP contribution in [0.25, 0.3) is 0 Å². The molecule has 2 N–H and O–H groups in total. The first kappa shape index (κ1) is 17.2. The van der Waals surface area contributed by atoms with E-state index in [1.54, 1.807) is 14.0 Å². The topological polar surface area (TPSA) is 88.8 Å². The number of carboxylic acid groups (broad SMARTS) is 1. The van der Waals surface area contributed by atoms with Gasteiger partial charge in [-0.1, -0.05) is 27.7 Å².